The average molecular weight is 333 g/mol. The number of piperidine rings is 1. The van der Waals surface area contributed by atoms with Gasteiger partial charge >= 0.3 is 0 Å². The summed E-state index contributed by atoms with van der Waals surface area (Å²) >= 11 is 0. The lowest BCUT2D eigenvalue weighted by atomic mass is 9.93. The largest absolute Gasteiger partial charge is 0.494 e. The predicted molar refractivity (Wildman–Crippen MR) is 98.5 cm³/mol. The molecule has 0 aromatic heterocycles. The minimum absolute atomic E-state index is 0.0628. The predicted octanol–water partition coefficient (Wildman–Crippen LogP) is 2.73. The maximum Gasteiger partial charge on any atom is 0.241 e. The van der Waals surface area contributed by atoms with Crippen molar-refractivity contribution >= 4 is 11.6 Å². The van der Waals surface area contributed by atoms with Crippen LogP contribution in [0.15, 0.2) is 24.3 Å². The molecule has 5 heteroatoms. The highest BCUT2D eigenvalue weighted by Crippen LogP contribution is 2.22. The highest BCUT2D eigenvalue weighted by Gasteiger charge is 2.26. The Morgan fingerprint density at radius 3 is 2.54 bits per heavy atom. The third kappa shape index (κ3) is 5.49. The Labute approximate surface area is 145 Å². The Kier molecular flexibility index (Phi) is 7.53. The van der Waals surface area contributed by atoms with Crippen LogP contribution >= 0.6 is 0 Å². The molecule has 2 rings (SSSR count). The number of nitrogens with one attached hydrogen (secondary N) is 2. The number of rotatable bonds is 8. The van der Waals surface area contributed by atoms with Gasteiger partial charge in [0.15, 0.2) is 0 Å². The smallest absolute Gasteiger partial charge is 0.241 e. The van der Waals surface area contributed by atoms with Crippen LogP contribution in [0.1, 0.15) is 33.1 Å². The van der Waals surface area contributed by atoms with Crippen molar-refractivity contribution in [2.75, 3.05) is 38.6 Å². The normalized spacial score (nSPS) is 17.5. The van der Waals surface area contributed by atoms with Crippen molar-refractivity contribution < 1.29 is 9.53 Å². The molecule has 1 heterocycles. The van der Waals surface area contributed by atoms with Crippen LogP contribution in [-0.4, -0.2) is 50.1 Å². The fourth-order valence-electron chi connectivity index (χ4n) is 3.19. The van der Waals surface area contributed by atoms with Crippen molar-refractivity contribution in [3.8, 4) is 5.75 Å². The summed E-state index contributed by atoms with van der Waals surface area (Å²) in [4.78, 5) is 14.8. The molecule has 1 aliphatic rings. The van der Waals surface area contributed by atoms with Crippen LogP contribution in [0, 0.1) is 5.92 Å². The van der Waals surface area contributed by atoms with Gasteiger partial charge in [-0.2, -0.15) is 0 Å². The van der Waals surface area contributed by atoms with Crippen LogP contribution in [0.25, 0.3) is 0 Å². The lowest BCUT2D eigenvalue weighted by molar-refractivity contribution is -0.121. The molecule has 5 nitrogen and oxygen atoms in total. The van der Waals surface area contributed by atoms with Crippen molar-refractivity contribution in [2.24, 2.45) is 5.92 Å². The number of benzene rings is 1. The number of carbonyl (C=O) groups is 1. The van der Waals surface area contributed by atoms with Crippen LogP contribution in [0.2, 0.25) is 0 Å². The van der Waals surface area contributed by atoms with E-state index in [1.807, 2.05) is 45.2 Å². The van der Waals surface area contributed by atoms with Crippen molar-refractivity contribution in [2.45, 2.75) is 39.2 Å². The summed E-state index contributed by atoms with van der Waals surface area (Å²) in [6, 6.07) is 7.45. The highest BCUT2D eigenvalue weighted by molar-refractivity contribution is 5.94. The first-order chi connectivity index (χ1) is 11.6. The third-order valence-electron chi connectivity index (χ3n) is 4.81. The SMILES string of the molecule is CCOc1ccc(NC(=O)C(C)N2CCC(CCNC)CC2)cc1. The molecule has 1 aliphatic heterocycles. The van der Waals surface area contributed by atoms with Gasteiger partial charge in [-0.3, -0.25) is 9.69 Å². The average Bonchev–Trinajstić information content (AvgIpc) is 2.61. The van der Waals surface area contributed by atoms with E-state index in [1.54, 1.807) is 0 Å². The molecule has 24 heavy (non-hydrogen) atoms. The summed E-state index contributed by atoms with van der Waals surface area (Å²) in [6.45, 7) is 7.70. The van der Waals surface area contributed by atoms with E-state index in [0.29, 0.717) is 6.61 Å². The fourth-order valence-corrected chi connectivity index (χ4v) is 3.19. The Morgan fingerprint density at radius 2 is 1.96 bits per heavy atom. The summed E-state index contributed by atoms with van der Waals surface area (Å²) in [6.07, 6.45) is 3.60. The van der Waals surface area contributed by atoms with E-state index in [0.717, 1.165) is 37.0 Å². The molecular weight excluding hydrogens is 302 g/mol. The van der Waals surface area contributed by atoms with Gasteiger partial charge in [0.25, 0.3) is 0 Å². The van der Waals surface area contributed by atoms with Crippen LogP contribution < -0.4 is 15.4 Å². The Bertz CT molecular complexity index is 496. The van der Waals surface area contributed by atoms with Crippen LogP contribution in [-0.2, 0) is 4.79 Å². The molecule has 0 spiro atoms. The first-order valence-electron chi connectivity index (χ1n) is 9.06. The molecule has 0 bridgehead atoms. The molecule has 1 fully saturated rings. The molecular formula is C19H31N3O2. The maximum absolute atomic E-state index is 12.5. The Morgan fingerprint density at radius 1 is 1.29 bits per heavy atom. The quantitative estimate of drug-likeness (QED) is 0.768. The number of anilines is 1. The number of nitrogens with zero attached hydrogens (tertiary/aromatic N) is 1. The number of carbonyl (C=O) groups excluding carboxylic acids is 1. The molecule has 0 radical (unpaired) electrons. The van der Waals surface area contributed by atoms with E-state index >= 15 is 0 Å². The number of hydrogen-bond donors (Lipinski definition) is 2. The lowest BCUT2D eigenvalue weighted by Gasteiger charge is -2.35. The summed E-state index contributed by atoms with van der Waals surface area (Å²) in [5, 5.41) is 6.23. The fraction of sp³-hybridized carbons (Fsp3) is 0.632. The molecule has 1 unspecified atom stereocenters. The number of hydrogen-bond acceptors (Lipinski definition) is 4. The molecule has 2 N–H and O–H groups in total. The topological polar surface area (TPSA) is 53.6 Å². The second-order valence-corrected chi connectivity index (χ2v) is 6.49. The van der Waals surface area contributed by atoms with Gasteiger partial charge in [0, 0.05) is 5.69 Å². The van der Waals surface area contributed by atoms with Gasteiger partial charge in [-0.05, 0) is 90.0 Å². The van der Waals surface area contributed by atoms with Gasteiger partial charge in [0.2, 0.25) is 5.91 Å². The molecule has 1 saturated heterocycles. The second kappa shape index (κ2) is 9.64. The maximum atomic E-state index is 12.5. The molecule has 1 aromatic carbocycles. The van der Waals surface area contributed by atoms with E-state index in [-0.39, 0.29) is 11.9 Å². The zero-order valence-electron chi connectivity index (χ0n) is 15.2. The van der Waals surface area contributed by atoms with E-state index in [1.165, 1.54) is 19.3 Å². The summed E-state index contributed by atoms with van der Waals surface area (Å²) < 4.78 is 5.42. The van der Waals surface area contributed by atoms with Gasteiger partial charge < -0.3 is 15.4 Å². The van der Waals surface area contributed by atoms with Crippen LogP contribution in [0.3, 0.4) is 0 Å². The van der Waals surface area contributed by atoms with E-state index in [9.17, 15) is 4.79 Å². The van der Waals surface area contributed by atoms with Crippen molar-refractivity contribution in [1.29, 1.82) is 0 Å². The second-order valence-electron chi connectivity index (χ2n) is 6.49. The van der Waals surface area contributed by atoms with Gasteiger partial charge in [-0.15, -0.1) is 0 Å². The van der Waals surface area contributed by atoms with Crippen LogP contribution in [0.4, 0.5) is 5.69 Å². The standard InChI is InChI=1S/C19H31N3O2/c1-4-24-18-7-5-17(6-8-18)21-19(23)15(2)22-13-10-16(11-14-22)9-12-20-3/h5-8,15-16,20H,4,9-14H2,1-3H3,(H,21,23). The van der Waals surface area contributed by atoms with Gasteiger partial charge in [0.05, 0.1) is 12.6 Å². The van der Waals surface area contributed by atoms with Gasteiger partial charge in [-0.1, -0.05) is 0 Å². The molecule has 134 valence electrons. The van der Waals surface area contributed by atoms with Crippen molar-refractivity contribution in [1.82, 2.24) is 10.2 Å². The molecule has 1 atom stereocenters. The van der Waals surface area contributed by atoms with Crippen LogP contribution in [0.5, 0.6) is 5.75 Å². The van der Waals surface area contributed by atoms with E-state index in [4.69, 9.17) is 4.74 Å². The first-order valence-corrected chi connectivity index (χ1v) is 9.06. The van der Waals surface area contributed by atoms with E-state index in [2.05, 4.69) is 15.5 Å². The summed E-state index contributed by atoms with van der Waals surface area (Å²) in [5.41, 5.74) is 0.819. The van der Waals surface area contributed by atoms with E-state index < -0.39 is 0 Å². The summed E-state index contributed by atoms with van der Waals surface area (Å²) in [7, 11) is 2.00. The number of likely N-dealkylation sites (tertiary alicyclic amines) is 1. The minimum atomic E-state index is -0.0955. The lowest BCUT2D eigenvalue weighted by Crippen LogP contribution is -2.46. The number of amides is 1. The van der Waals surface area contributed by atoms with Gasteiger partial charge in [0.1, 0.15) is 5.75 Å². The summed E-state index contributed by atoms with van der Waals surface area (Å²) in [5.74, 6) is 1.68. The zero-order valence-corrected chi connectivity index (χ0v) is 15.2. The van der Waals surface area contributed by atoms with Gasteiger partial charge in [-0.25, -0.2) is 0 Å². The first kappa shape index (κ1) is 18.7. The molecule has 0 saturated carbocycles. The third-order valence-corrected chi connectivity index (χ3v) is 4.81. The van der Waals surface area contributed by atoms with Crippen molar-refractivity contribution in [3.05, 3.63) is 24.3 Å². The van der Waals surface area contributed by atoms with Crippen molar-refractivity contribution in [3.63, 3.8) is 0 Å². The molecule has 1 amide bonds. The molecule has 1 aromatic rings. The Hall–Kier alpha value is -1.59. The molecule has 0 aliphatic carbocycles. The monoisotopic (exact) mass is 333 g/mol. The zero-order chi connectivity index (χ0) is 17.4. The highest BCUT2D eigenvalue weighted by atomic mass is 16.5. The Balaban J connectivity index is 1.79. The number of ether oxygens (including phenoxy) is 1. The minimum Gasteiger partial charge on any atom is -0.494 e.